The first kappa shape index (κ1) is 13.8. The Hall–Kier alpha value is -2.14. The van der Waals surface area contributed by atoms with Gasteiger partial charge in [0.1, 0.15) is 5.82 Å². The normalized spacial score (nSPS) is 12.9. The zero-order chi connectivity index (χ0) is 14.8. The summed E-state index contributed by atoms with van der Waals surface area (Å²) in [6.45, 7) is 8.06. The molecule has 0 aliphatic heterocycles. The Bertz CT molecular complexity index is 740. The van der Waals surface area contributed by atoms with Crippen LogP contribution >= 0.6 is 0 Å². The first-order valence-electron chi connectivity index (χ1n) is 7.38. The van der Waals surface area contributed by atoms with Crippen LogP contribution in [0.1, 0.15) is 37.0 Å². The van der Waals surface area contributed by atoms with E-state index >= 15 is 0 Å². The molecule has 0 aliphatic rings. The van der Waals surface area contributed by atoms with Gasteiger partial charge in [-0.15, -0.1) is 0 Å². The molecule has 0 fully saturated rings. The molecule has 0 saturated heterocycles. The first-order valence-corrected chi connectivity index (χ1v) is 7.38. The van der Waals surface area contributed by atoms with Crippen LogP contribution < -0.4 is 5.32 Å². The van der Waals surface area contributed by atoms with E-state index in [0.717, 1.165) is 30.1 Å². The molecule has 1 unspecified atom stereocenters. The molecule has 1 atom stereocenters. The smallest absolute Gasteiger partial charge is 0.126 e. The van der Waals surface area contributed by atoms with Crippen molar-refractivity contribution < 1.29 is 0 Å². The number of imidazole rings is 1. The van der Waals surface area contributed by atoms with E-state index in [-0.39, 0.29) is 6.04 Å². The maximum absolute atomic E-state index is 4.78. The molecule has 5 heteroatoms. The van der Waals surface area contributed by atoms with Crippen LogP contribution in [0.5, 0.6) is 0 Å². The lowest BCUT2D eigenvalue weighted by Gasteiger charge is -2.15. The lowest BCUT2D eigenvalue weighted by molar-refractivity contribution is 0.521. The Morgan fingerprint density at radius 3 is 2.86 bits per heavy atom. The summed E-state index contributed by atoms with van der Waals surface area (Å²) in [5.74, 6) is 1.08. The Balaban J connectivity index is 1.84. The summed E-state index contributed by atoms with van der Waals surface area (Å²) in [7, 11) is 0. The van der Waals surface area contributed by atoms with Gasteiger partial charge in [0.05, 0.1) is 23.3 Å². The third-order valence-electron chi connectivity index (χ3n) is 3.92. The average Bonchev–Trinajstić information content (AvgIpc) is 3.07. The number of benzene rings is 1. The minimum absolute atomic E-state index is 0.187. The van der Waals surface area contributed by atoms with E-state index in [0.29, 0.717) is 0 Å². The predicted octanol–water partition coefficient (Wildman–Crippen LogP) is 2.94. The van der Waals surface area contributed by atoms with Crippen LogP contribution in [-0.2, 0) is 13.1 Å². The number of nitrogens with one attached hydrogen (secondary N) is 2. The first-order chi connectivity index (χ1) is 10.2. The SMILES string of the molecule is CCn1c(C(C)NCc2cn[nH]c2C)nc2ccccc21. The second-order valence-corrected chi connectivity index (χ2v) is 5.33. The van der Waals surface area contributed by atoms with Crippen molar-refractivity contribution in [1.82, 2.24) is 25.1 Å². The van der Waals surface area contributed by atoms with Crippen molar-refractivity contribution in [2.45, 2.75) is 39.9 Å². The predicted molar refractivity (Wildman–Crippen MR) is 84.0 cm³/mol. The molecule has 0 spiro atoms. The zero-order valence-corrected chi connectivity index (χ0v) is 12.7. The molecule has 110 valence electrons. The Labute approximate surface area is 124 Å². The summed E-state index contributed by atoms with van der Waals surface area (Å²) in [5, 5.41) is 10.6. The Kier molecular flexibility index (Phi) is 3.75. The van der Waals surface area contributed by atoms with Crippen LogP contribution in [0.2, 0.25) is 0 Å². The highest BCUT2D eigenvalue weighted by atomic mass is 15.1. The number of nitrogens with zero attached hydrogens (tertiary/aromatic N) is 3. The number of hydrogen-bond donors (Lipinski definition) is 2. The molecule has 0 aliphatic carbocycles. The van der Waals surface area contributed by atoms with Crippen molar-refractivity contribution >= 4 is 11.0 Å². The van der Waals surface area contributed by atoms with E-state index in [1.807, 2.05) is 19.2 Å². The minimum Gasteiger partial charge on any atom is -0.327 e. The number of fused-ring (bicyclic) bond motifs is 1. The van der Waals surface area contributed by atoms with Gasteiger partial charge in [0, 0.05) is 24.3 Å². The lowest BCUT2D eigenvalue weighted by atomic mass is 10.2. The minimum atomic E-state index is 0.187. The summed E-state index contributed by atoms with van der Waals surface area (Å²) in [5.41, 5.74) is 4.56. The van der Waals surface area contributed by atoms with Crippen LogP contribution in [0.15, 0.2) is 30.5 Å². The summed E-state index contributed by atoms with van der Waals surface area (Å²) in [4.78, 5) is 4.78. The number of H-pyrrole nitrogens is 1. The number of rotatable bonds is 5. The highest BCUT2D eigenvalue weighted by Crippen LogP contribution is 2.21. The van der Waals surface area contributed by atoms with Gasteiger partial charge in [0.25, 0.3) is 0 Å². The van der Waals surface area contributed by atoms with Gasteiger partial charge in [0.2, 0.25) is 0 Å². The molecule has 2 N–H and O–H groups in total. The molecule has 2 heterocycles. The highest BCUT2D eigenvalue weighted by molar-refractivity contribution is 5.76. The van der Waals surface area contributed by atoms with Gasteiger partial charge in [-0.05, 0) is 32.9 Å². The molecule has 1 aromatic carbocycles. The molecule has 0 saturated carbocycles. The second kappa shape index (κ2) is 5.69. The van der Waals surface area contributed by atoms with Crippen molar-refractivity contribution in [2.24, 2.45) is 0 Å². The lowest BCUT2D eigenvalue weighted by Crippen LogP contribution is -2.21. The van der Waals surface area contributed by atoms with Gasteiger partial charge in [-0.2, -0.15) is 5.10 Å². The number of aromatic nitrogens is 4. The van der Waals surface area contributed by atoms with E-state index in [2.05, 4.69) is 52.1 Å². The van der Waals surface area contributed by atoms with Gasteiger partial charge in [0.15, 0.2) is 0 Å². The monoisotopic (exact) mass is 283 g/mol. The van der Waals surface area contributed by atoms with Gasteiger partial charge >= 0.3 is 0 Å². The van der Waals surface area contributed by atoms with Crippen LogP contribution in [0.3, 0.4) is 0 Å². The fourth-order valence-electron chi connectivity index (χ4n) is 2.67. The zero-order valence-electron chi connectivity index (χ0n) is 12.7. The summed E-state index contributed by atoms with van der Waals surface area (Å²) in [6.07, 6.45) is 1.87. The highest BCUT2D eigenvalue weighted by Gasteiger charge is 2.15. The fraction of sp³-hybridized carbons (Fsp3) is 0.375. The second-order valence-electron chi connectivity index (χ2n) is 5.33. The molecule has 3 rings (SSSR count). The van der Waals surface area contributed by atoms with E-state index in [1.54, 1.807) is 0 Å². The molecular formula is C16H21N5. The van der Waals surface area contributed by atoms with Gasteiger partial charge in [-0.25, -0.2) is 4.98 Å². The van der Waals surface area contributed by atoms with Crippen molar-refractivity contribution in [1.29, 1.82) is 0 Å². The molecular weight excluding hydrogens is 262 g/mol. The number of hydrogen-bond acceptors (Lipinski definition) is 3. The molecule has 2 aromatic heterocycles. The summed E-state index contributed by atoms with van der Waals surface area (Å²) in [6, 6.07) is 8.48. The molecule has 0 radical (unpaired) electrons. The van der Waals surface area contributed by atoms with E-state index in [1.165, 1.54) is 11.1 Å². The average molecular weight is 283 g/mol. The van der Waals surface area contributed by atoms with Crippen LogP contribution in [0.4, 0.5) is 0 Å². The number of aromatic amines is 1. The van der Waals surface area contributed by atoms with Crippen molar-refractivity contribution in [3.8, 4) is 0 Å². The van der Waals surface area contributed by atoms with Crippen molar-refractivity contribution in [3.63, 3.8) is 0 Å². The maximum atomic E-state index is 4.78. The standard InChI is InChI=1S/C16H21N5/c1-4-21-15-8-6-5-7-14(15)19-16(21)12(3)17-9-13-10-18-20-11(13)2/h5-8,10,12,17H,4,9H2,1-3H3,(H,18,20). The Morgan fingerprint density at radius 1 is 1.33 bits per heavy atom. The molecule has 3 aromatic rings. The number of para-hydroxylation sites is 2. The van der Waals surface area contributed by atoms with Crippen LogP contribution in [-0.4, -0.2) is 19.7 Å². The van der Waals surface area contributed by atoms with Crippen LogP contribution in [0, 0.1) is 6.92 Å². The van der Waals surface area contributed by atoms with E-state index < -0.39 is 0 Å². The van der Waals surface area contributed by atoms with E-state index in [9.17, 15) is 0 Å². The van der Waals surface area contributed by atoms with Crippen molar-refractivity contribution in [3.05, 3.63) is 47.5 Å². The molecule has 5 nitrogen and oxygen atoms in total. The largest absolute Gasteiger partial charge is 0.327 e. The summed E-state index contributed by atoms with van der Waals surface area (Å²) >= 11 is 0. The quantitative estimate of drug-likeness (QED) is 0.757. The molecule has 0 bridgehead atoms. The summed E-state index contributed by atoms with van der Waals surface area (Å²) < 4.78 is 2.27. The fourth-order valence-corrected chi connectivity index (χ4v) is 2.67. The van der Waals surface area contributed by atoms with Gasteiger partial charge in [-0.1, -0.05) is 12.1 Å². The van der Waals surface area contributed by atoms with Crippen LogP contribution in [0.25, 0.3) is 11.0 Å². The van der Waals surface area contributed by atoms with E-state index in [4.69, 9.17) is 4.98 Å². The Morgan fingerprint density at radius 2 is 2.14 bits per heavy atom. The van der Waals surface area contributed by atoms with Crippen molar-refractivity contribution in [2.75, 3.05) is 0 Å². The maximum Gasteiger partial charge on any atom is 0.126 e. The van der Waals surface area contributed by atoms with Gasteiger partial charge in [-0.3, -0.25) is 5.10 Å². The third kappa shape index (κ3) is 2.56. The molecule has 21 heavy (non-hydrogen) atoms. The third-order valence-corrected chi connectivity index (χ3v) is 3.92. The van der Waals surface area contributed by atoms with Gasteiger partial charge < -0.3 is 9.88 Å². The number of aryl methyl sites for hydroxylation is 2. The topological polar surface area (TPSA) is 58.5 Å². The molecule has 0 amide bonds.